The second-order valence-corrected chi connectivity index (χ2v) is 4.46. The molecule has 102 valence electrons. The molecule has 1 unspecified atom stereocenters. The van der Waals surface area contributed by atoms with Crippen LogP contribution in [0.2, 0.25) is 0 Å². The number of hydrogen-bond donors (Lipinski definition) is 2. The fourth-order valence-corrected chi connectivity index (χ4v) is 1.83. The summed E-state index contributed by atoms with van der Waals surface area (Å²) in [4.78, 5) is 0. The fourth-order valence-electron chi connectivity index (χ4n) is 1.83. The highest BCUT2D eigenvalue weighted by molar-refractivity contribution is 5.32. The van der Waals surface area contributed by atoms with E-state index in [0.717, 1.165) is 17.0 Å². The van der Waals surface area contributed by atoms with Gasteiger partial charge in [0.15, 0.2) is 0 Å². The Morgan fingerprint density at radius 1 is 1.37 bits per heavy atom. The van der Waals surface area contributed by atoms with Crippen LogP contribution in [-0.4, -0.2) is 27.6 Å². The Kier molecular flexibility index (Phi) is 4.54. The van der Waals surface area contributed by atoms with Gasteiger partial charge in [0.25, 0.3) is 0 Å². The summed E-state index contributed by atoms with van der Waals surface area (Å²) in [5, 5.41) is 14.1. The molecule has 0 aliphatic carbocycles. The third-order valence-corrected chi connectivity index (χ3v) is 2.80. The lowest BCUT2D eigenvalue weighted by molar-refractivity contribution is 0.0888. The molecule has 0 radical (unpaired) electrons. The standard InChI is InChI=1S/C14H19N3O2/c1-11-6-7-17(16-11)9-13(18)10-19-14-5-3-2-4-12(14)8-15/h2-7,13,18H,8-10,15H2,1H3. The average Bonchev–Trinajstić information content (AvgIpc) is 2.82. The Bertz CT molecular complexity index is 525. The second kappa shape index (κ2) is 6.36. The molecule has 0 fully saturated rings. The zero-order valence-electron chi connectivity index (χ0n) is 11.0. The van der Waals surface area contributed by atoms with Crippen LogP contribution in [-0.2, 0) is 13.1 Å². The quantitative estimate of drug-likeness (QED) is 0.816. The van der Waals surface area contributed by atoms with Gasteiger partial charge in [-0.25, -0.2) is 0 Å². The van der Waals surface area contributed by atoms with Crippen LogP contribution in [0.4, 0.5) is 0 Å². The smallest absolute Gasteiger partial charge is 0.123 e. The molecule has 5 nitrogen and oxygen atoms in total. The molecule has 3 N–H and O–H groups in total. The van der Waals surface area contributed by atoms with Gasteiger partial charge >= 0.3 is 0 Å². The summed E-state index contributed by atoms with van der Waals surface area (Å²) in [7, 11) is 0. The lowest BCUT2D eigenvalue weighted by Gasteiger charge is -2.14. The predicted molar refractivity (Wildman–Crippen MR) is 72.8 cm³/mol. The molecule has 1 atom stereocenters. The minimum Gasteiger partial charge on any atom is -0.490 e. The van der Waals surface area contributed by atoms with E-state index < -0.39 is 6.10 Å². The van der Waals surface area contributed by atoms with Crippen LogP contribution in [0.1, 0.15) is 11.3 Å². The van der Waals surface area contributed by atoms with Crippen LogP contribution >= 0.6 is 0 Å². The highest BCUT2D eigenvalue weighted by Gasteiger charge is 2.08. The van der Waals surface area contributed by atoms with Crippen LogP contribution in [0.15, 0.2) is 36.5 Å². The van der Waals surface area contributed by atoms with Gasteiger partial charge in [-0.05, 0) is 19.1 Å². The van der Waals surface area contributed by atoms with Gasteiger partial charge in [0.05, 0.1) is 12.2 Å². The summed E-state index contributed by atoms with van der Waals surface area (Å²) in [5.41, 5.74) is 7.49. The lowest BCUT2D eigenvalue weighted by Crippen LogP contribution is -2.24. The number of aromatic nitrogens is 2. The minimum absolute atomic E-state index is 0.218. The predicted octanol–water partition coefficient (Wildman–Crippen LogP) is 1.09. The van der Waals surface area contributed by atoms with Crippen LogP contribution < -0.4 is 10.5 Å². The van der Waals surface area contributed by atoms with Crippen LogP contribution in [0, 0.1) is 6.92 Å². The number of hydrogen-bond acceptors (Lipinski definition) is 4. The highest BCUT2D eigenvalue weighted by Crippen LogP contribution is 2.17. The number of nitrogens with two attached hydrogens (primary N) is 1. The third kappa shape index (κ3) is 3.81. The van der Waals surface area contributed by atoms with E-state index in [0.29, 0.717) is 13.1 Å². The van der Waals surface area contributed by atoms with E-state index in [1.807, 2.05) is 43.5 Å². The maximum absolute atomic E-state index is 9.92. The summed E-state index contributed by atoms with van der Waals surface area (Å²) in [5.74, 6) is 0.723. The van der Waals surface area contributed by atoms with Crippen molar-refractivity contribution in [3.63, 3.8) is 0 Å². The maximum atomic E-state index is 9.92. The fraction of sp³-hybridized carbons (Fsp3) is 0.357. The van der Waals surface area contributed by atoms with E-state index in [9.17, 15) is 5.11 Å². The molecule has 0 saturated heterocycles. The molecular weight excluding hydrogens is 242 g/mol. The Morgan fingerprint density at radius 2 is 2.16 bits per heavy atom. The SMILES string of the molecule is Cc1ccn(CC(O)COc2ccccc2CN)n1. The molecular formula is C14H19N3O2. The van der Waals surface area contributed by atoms with Gasteiger partial charge in [-0.2, -0.15) is 5.10 Å². The molecule has 0 saturated carbocycles. The zero-order valence-corrected chi connectivity index (χ0v) is 11.0. The van der Waals surface area contributed by atoms with Crippen molar-refractivity contribution >= 4 is 0 Å². The summed E-state index contributed by atoms with van der Waals surface area (Å²) >= 11 is 0. The topological polar surface area (TPSA) is 73.3 Å². The van der Waals surface area contributed by atoms with E-state index in [1.54, 1.807) is 4.68 Å². The van der Waals surface area contributed by atoms with Crippen molar-refractivity contribution in [2.45, 2.75) is 26.1 Å². The number of para-hydroxylation sites is 1. The zero-order chi connectivity index (χ0) is 13.7. The number of aliphatic hydroxyl groups is 1. The number of aliphatic hydroxyl groups excluding tert-OH is 1. The molecule has 19 heavy (non-hydrogen) atoms. The summed E-state index contributed by atoms with van der Waals surface area (Å²) in [6.07, 6.45) is 1.23. The van der Waals surface area contributed by atoms with Crippen molar-refractivity contribution < 1.29 is 9.84 Å². The number of aryl methyl sites for hydroxylation is 1. The Balaban J connectivity index is 1.87. The average molecular weight is 261 g/mol. The second-order valence-electron chi connectivity index (χ2n) is 4.46. The summed E-state index contributed by atoms with van der Waals surface area (Å²) < 4.78 is 7.30. The molecule has 2 rings (SSSR count). The van der Waals surface area contributed by atoms with Gasteiger partial charge in [0, 0.05) is 18.3 Å². The monoisotopic (exact) mass is 261 g/mol. The molecule has 0 aliphatic heterocycles. The van der Waals surface area contributed by atoms with Gasteiger partial charge in [-0.1, -0.05) is 18.2 Å². The van der Waals surface area contributed by atoms with E-state index in [-0.39, 0.29) is 6.61 Å². The van der Waals surface area contributed by atoms with Crippen molar-refractivity contribution in [3.05, 3.63) is 47.8 Å². The van der Waals surface area contributed by atoms with Gasteiger partial charge in [0.2, 0.25) is 0 Å². The first-order chi connectivity index (χ1) is 9.19. The van der Waals surface area contributed by atoms with Crippen LogP contribution in [0.5, 0.6) is 5.75 Å². The van der Waals surface area contributed by atoms with Gasteiger partial charge in [-0.15, -0.1) is 0 Å². The number of benzene rings is 1. The molecule has 0 aliphatic rings. The molecule has 1 aromatic heterocycles. The van der Waals surface area contributed by atoms with E-state index in [1.165, 1.54) is 0 Å². The Hall–Kier alpha value is -1.85. The molecule has 0 bridgehead atoms. The first kappa shape index (κ1) is 13.6. The first-order valence-corrected chi connectivity index (χ1v) is 6.28. The van der Waals surface area contributed by atoms with Gasteiger partial charge in [-0.3, -0.25) is 4.68 Å². The van der Waals surface area contributed by atoms with Crippen molar-refractivity contribution in [2.24, 2.45) is 5.73 Å². The van der Waals surface area contributed by atoms with E-state index >= 15 is 0 Å². The summed E-state index contributed by atoms with van der Waals surface area (Å²) in [6.45, 7) is 2.97. The molecule has 0 spiro atoms. The van der Waals surface area contributed by atoms with Crippen molar-refractivity contribution in [1.82, 2.24) is 9.78 Å². The van der Waals surface area contributed by atoms with Crippen LogP contribution in [0.25, 0.3) is 0 Å². The number of nitrogens with zero attached hydrogens (tertiary/aromatic N) is 2. The van der Waals surface area contributed by atoms with Crippen molar-refractivity contribution in [1.29, 1.82) is 0 Å². The van der Waals surface area contributed by atoms with E-state index in [2.05, 4.69) is 5.10 Å². The number of rotatable bonds is 6. The Labute approximate surface area is 112 Å². The van der Waals surface area contributed by atoms with Crippen LogP contribution in [0.3, 0.4) is 0 Å². The lowest BCUT2D eigenvalue weighted by atomic mass is 10.2. The molecule has 1 aromatic carbocycles. The highest BCUT2D eigenvalue weighted by atomic mass is 16.5. The number of ether oxygens (including phenoxy) is 1. The molecule has 2 aromatic rings. The van der Waals surface area contributed by atoms with Gasteiger partial charge in [0.1, 0.15) is 18.5 Å². The largest absolute Gasteiger partial charge is 0.490 e. The molecule has 5 heteroatoms. The van der Waals surface area contributed by atoms with E-state index in [4.69, 9.17) is 10.5 Å². The maximum Gasteiger partial charge on any atom is 0.123 e. The first-order valence-electron chi connectivity index (χ1n) is 6.28. The summed E-state index contributed by atoms with van der Waals surface area (Å²) in [6, 6.07) is 9.47. The molecule has 1 heterocycles. The third-order valence-electron chi connectivity index (χ3n) is 2.80. The van der Waals surface area contributed by atoms with Crippen molar-refractivity contribution in [2.75, 3.05) is 6.61 Å². The van der Waals surface area contributed by atoms with Gasteiger partial charge < -0.3 is 15.6 Å². The normalized spacial score (nSPS) is 12.4. The molecule has 0 amide bonds. The van der Waals surface area contributed by atoms with Crippen molar-refractivity contribution in [3.8, 4) is 5.75 Å². The Morgan fingerprint density at radius 3 is 2.84 bits per heavy atom. The minimum atomic E-state index is -0.606.